The zero-order chi connectivity index (χ0) is 8.04. The van der Waals surface area contributed by atoms with Crippen molar-refractivity contribution in [3.8, 4) is 0 Å². The maximum atomic E-state index is 8.73. The summed E-state index contributed by atoms with van der Waals surface area (Å²) in [7, 11) is 5.21. The lowest BCUT2D eigenvalue weighted by Gasteiger charge is -2.26. The molecule has 0 aliphatic carbocycles. The Morgan fingerprint density at radius 1 is 1.00 bits per heavy atom. The van der Waals surface area contributed by atoms with Crippen LogP contribution in [0.25, 0.3) is 0 Å². The first-order valence-electron chi connectivity index (χ1n) is 3.27. The summed E-state index contributed by atoms with van der Waals surface area (Å²) in [5, 5.41) is 26.2. The topological polar surface area (TPSA) is 60.7 Å². The predicted octanol–water partition coefficient (Wildman–Crippen LogP) is -1.07. The molecule has 0 aliphatic rings. The summed E-state index contributed by atoms with van der Waals surface area (Å²) in [5.74, 6) is 0. The molecule has 0 saturated heterocycles. The van der Waals surface area contributed by atoms with Gasteiger partial charge in [0.2, 0.25) is 0 Å². The van der Waals surface area contributed by atoms with E-state index >= 15 is 0 Å². The van der Waals surface area contributed by atoms with E-state index in [4.69, 9.17) is 23.2 Å². The molecule has 0 amide bonds. The van der Waals surface area contributed by atoms with Gasteiger partial charge in [0.15, 0.2) is 0 Å². The van der Waals surface area contributed by atoms with E-state index in [1.165, 1.54) is 0 Å². The van der Waals surface area contributed by atoms with Gasteiger partial charge in [0.1, 0.15) is 0 Å². The normalized spacial score (nSPS) is 11.9. The fourth-order valence-electron chi connectivity index (χ4n) is 0.693. The standard InChI is InChI=1S/C6H13BO3/c7-2-1-6(3-8,4-9)5-10/h8-10H,1-5H2. The first-order chi connectivity index (χ1) is 4.74. The van der Waals surface area contributed by atoms with Crippen molar-refractivity contribution < 1.29 is 15.3 Å². The third-order valence-corrected chi connectivity index (χ3v) is 1.68. The zero-order valence-corrected chi connectivity index (χ0v) is 5.95. The second-order valence-electron chi connectivity index (χ2n) is 2.51. The van der Waals surface area contributed by atoms with Gasteiger partial charge in [0.05, 0.1) is 27.7 Å². The smallest absolute Gasteiger partial charge is 0.0653 e. The van der Waals surface area contributed by atoms with Gasteiger partial charge >= 0.3 is 0 Å². The van der Waals surface area contributed by atoms with Gasteiger partial charge in [0.25, 0.3) is 0 Å². The van der Waals surface area contributed by atoms with E-state index in [-0.39, 0.29) is 19.8 Å². The monoisotopic (exact) mass is 144 g/mol. The van der Waals surface area contributed by atoms with Crippen molar-refractivity contribution in [3.05, 3.63) is 0 Å². The largest absolute Gasteiger partial charge is 0.396 e. The van der Waals surface area contributed by atoms with Crippen LogP contribution in [0.4, 0.5) is 0 Å². The van der Waals surface area contributed by atoms with Crippen molar-refractivity contribution >= 4 is 7.85 Å². The molecule has 0 aromatic carbocycles. The fraction of sp³-hybridized carbons (Fsp3) is 1.00. The number of hydrogen-bond acceptors (Lipinski definition) is 3. The molecule has 2 radical (unpaired) electrons. The van der Waals surface area contributed by atoms with E-state index in [1.807, 2.05) is 0 Å². The van der Waals surface area contributed by atoms with Crippen molar-refractivity contribution in [1.29, 1.82) is 0 Å². The van der Waals surface area contributed by atoms with Gasteiger partial charge in [-0.1, -0.05) is 6.32 Å². The van der Waals surface area contributed by atoms with Crippen LogP contribution in [0.15, 0.2) is 0 Å². The van der Waals surface area contributed by atoms with Gasteiger partial charge < -0.3 is 15.3 Å². The SMILES string of the molecule is [B]CCC(CO)(CO)CO. The van der Waals surface area contributed by atoms with Crippen molar-refractivity contribution in [2.45, 2.75) is 12.7 Å². The second kappa shape index (κ2) is 4.71. The fourth-order valence-corrected chi connectivity index (χ4v) is 0.693. The lowest BCUT2D eigenvalue weighted by atomic mass is 9.81. The van der Waals surface area contributed by atoms with Crippen LogP contribution in [-0.2, 0) is 0 Å². The minimum atomic E-state index is -0.783. The van der Waals surface area contributed by atoms with E-state index < -0.39 is 5.41 Å². The highest BCUT2D eigenvalue weighted by Crippen LogP contribution is 2.20. The Morgan fingerprint density at radius 2 is 1.40 bits per heavy atom. The van der Waals surface area contributed by atoms with Crippen molar-refractivity contribution in [3.63, 3.8) is 0 Å². The van der Waals surface area contributed by atoms with Gasteiger partial charge in [-0.2, -0.15) is 0 Å². The predicted molar refractivity (Wildman–Crippen MR) is 38.9 cm³/mol. The van der Waals surface area contributed by atoms with Crippen LogP contribution in [0, 0.1) is 5.41 Å². The summed E-state index contributed by atoms with van der Waals surface area (Å²) in [4.78, 5) is 0. The molecule has 0 saturated carbocycles. The molecule has 3 nitrogen and oxygen atoms in total. The van der Waals surface area contributed by atoms with Gasteiger partial charge in [-0.05, 0) is 6.42 Å². The average molecular weight is 144 g/mol. The molecule has 0 bridgehead atoms. The van der Waals surface area contributed by atoms with E-state index in [2.05, 4.69) is 0 Å². The Hall–Kier alpha value is -0.0551. The molecule has 10 heavy (non-hydrogen) atoms. The van der Waals surface area contributed by atoms with E-state index in [1.54, 1.807) is 0 Å². The van der Waals surface area contributed by atoms with Crippen LogP contribution in [0.2, 0.25) is 6.32 Å². The molecule has 3 N–H and O–H groups in total. The van der Waals surface area contributed by atoms with E-state index in [0.29, 0.717) is 12.7 Å². The second-order valence-corrected chi connectivity index (χ2v) is 2.51. The Bertz CT molecular complexity index is 74.8. The summed E-state index contributed by atoms with van der Waals surface area (Å²) in [6.07, 6.45) is 0.804. The number of aliphatic hydroxyl groups is 3. The molecule has 0 spiro atoms. The van der Waals surface area contributed by atoms with Crippen molar-refractivity contribution in [2.75, 3.05) is 19.8 Å². The first kappa shape index (κ1) is 9.94. The molecule has 0 fully saturated rings. The third-order valence-electron chi connectivity index (χ3n) is 1.68. The summed E-state index contributed by atoms with van der Waals surface area (Å²) < 4.78 is 0. The lowest BCUT2D eigenvalue weighted by Crippen LogP contribution is -2.33. The highest BCUT2D eigenvalue weighted by molar-refractivity contribution is 6.08. The first-order valence-corrected chi connectivity index (χ1v) is 3.27. The molecule has 0 heterocycles. The summed E-state index contributed by atoms with van der Waals surface area (Å²) >= 11 is 0. The minimum absolute atomic E-state index is 0.225. The molecule has 0 atom stereocenters. The molecular formula is C6H13BO3. The molecular weight excluding hydrogens is 131 g/mol. The van der Waals surface area contributed by atoms with Gasteiger partial charge in [-0.25, -0.2) is 0 Å². The van der Waals surface area contributed by atoms with Crippen molar-refractivity contribution in [2.24, 2.45) is 5.41 Å². The minimum Gasteiger partial charge on any atom is -0.396 e. The summed E-state index contributed by atoms with van der Waals surface area (Å²) in [6.45, 7) is -0.675. The Kier molecular flexibility index (Phi) is 4.69. The third kappa shape index (κ3) is 2.29. The molecule has 4 heteroatoms. The maximum absolute atomic E-state index is 8.73. The highest BCUT2D eigenvalue weighted by Gasteiger charge is 2.26. The van der Waals surface area contributed by atoms with E-state index in [9.17, 15) is 0 Å². The van der Waals surface area contributed by atoms with Crippen LogP contribution >= 0.6 is 0 Å². The Balaban J connectivity index is 3.87. The highest BCUT2D eigenvalue weighted by atomic mass is 16.3. The average Bonchev–Trinajstić information content (AvgIpc) is 2.01. The van der Waals surface area contributed by atoms with Gasteiger partial charge in [0, 0.05) is 5.41 Å². The Morgan fingerprint density at radius 3 is 1.50 bits per heavy atom. The quantitative estimate of drug-likeness (QED) is 0.430. The van der Waals surface area contributed by atoms with Crippen LogP contribution in [0.3, 0.4) is 0 Å². The number of hydrogen-bond donors (Lipinski definition) is 3. The maximum Gasteiger partial charge on any atom is 0.0653 e. The molecule has 0 unspecified atom stereocenters. The van der Waals surface area contributed by atoms with Gasteiger partial charge in [-0.15, -0.1) is 0 Å². The number of rotatable bonds is 5. The summed E-state index contributed by atoms with van der Waals surface area (Å²) in [5.41, 5.74) is -0.783. The summed E-state index contributed by atoms with van der Waals surface area (Å²) in [6, 6.07) is 0. The van der Waals surface area contributed by atoms with Crippen LogP contribution < -0.4 is 0 Å². The van der Waals surface area contributed by atoms with Gasteiger partial charge in [-0.3, -0.25) is 0 Å². The molecule has 0 aromatic heterocycles. The molecule has 0 aliphatic heterocycles. The van der Waals surface area contributed by atoms with E-state index in [0.717, 1.165) is 0 Å². The number of aliphatic hydroxyl groups excluding tert-OH is 3. The molecule has 0 rings (SSSR count). The zero-order valence-electron chi connectivity index (χ0n) is 5.95. The lowest BCUT2D eigenvalue weighted by molar-refractivity contribution is 0.00316. The molecule has 0 aromatic rings. The van der Waals surface area contributed by atoms with Crippen LogP contribution in [-0.4, -0.2) is 43.0 Å². The van der Waals surface area contributed by atoms with Crippen molar-refractivity contribution in [1.82, 2.24) is 0 Å². The molecule has 58 valence electrons. The van der Waals surface area contributed by atoms with Crippen LogP contribution in [0.5, 0.6) is 0 Å². The van der Waals surface area contributed by atoms with Crippen LogP contribution in [0.1, 0.15) is 6.42 Å². The Labute approximate surface area is 62.1 Å².